The van der Waals surface area contributed by atoms with Gasteiger partial charge in [-0.2, -0.15) is 0 Å². The lowest BCUT2D eigenvalue weighted by molar-refractivity contribution is 0.102. The molecule has 100 valence electrons. The molecule has 3 rings (SSSR count). The number of fused-ring (bicyclic) bond motifs is 1. The topological polar surface area (TPSA) is 63.1 Å². The largest absolute Gasteiger partial charge is 0.508 e. The van der Waals surface area contributed by atoms with E-state index in [1.807, 2.05) is 11.4 Å². The third-order valence-corrected chi connectivity index (χ3v) is 4.58. The maximum atomic E-state index is 12.1. The van der Waals surface area contributed by atoms with E-state index < -0.39 is 0 Å². The molecule has 0 aliphatic heterocycles. The van der Waals surface area contributed by atoms with Crippen molar-refractivity contribution in [2.24, 2.45) is 0 Å². The Morgan fingerprint density at radius 1 is 1.20 bits per heavy atom. The molecule has 0 spiro atoms. The van der Waals surface area contributed by atoms with Gasteiger partial charge < -0.3 is 5.11 Å². The number of phenolic OH excluding ortho intramolecular Hbond substituents is 1. The zero-order valence-electron chi connectivity index (χ0n) is 10.3. The lowest BCUT2D eigenvalue weighted by atomic mass is 10.1. The molecule has 0 atom stereocenters. The number of aromatic nitrogens is 2. The van der Waals surface area contributed by atoms with Gasteiger partial charge in [0.25, 0.3) is 0 Å². The van der Waals surface area contributed by atoms with E-state index in [1.54, 1.807) is 23.5 Å². The number of thioether (sulfide) groups is 1. The molecule has 0 saturated carbocycles. The maximum absolute atomic E-state index is 12.1. The molecule has 20 heavy (non-hydrogen) atoms. The van der Waals surface area contributed by atoms with E-state index in [1.165, 1.54) is 30.2 Å². The predicted molar refractivity (Wildman–Crippen MR) is 80.6 cm³/mol. The average Bonchev–Trinajstić information content (AvgIpc) is 2.94. The number of hydrogen-bond acceptors (Lipinski definition) is 6. The smallest absolute Gasteiger partial charge is 0.173 e. The summed E-state index contributed by atoms with van der Waals surface area (Å²) in [6.45, 7) is 0. The zero-order chi connectivity index (χ0) is 13.9. The third-order valence-electron chi connectivity index (χ3n) is 2.75. The van der Waals surface area contributed by atoms with Gasteiger partial charge in [-0.15, -0.1) is 11.3 Å². The Bertz CT molecular complexity index is 753. The van der Waals surface area contributed by atoms with Crippen LogP contribution in [-0.4, -0.2) is 26.6 Å². The first kappa shape index (κ1) is 13.1. The van der Waals surface area contributed by atoms with Gasteiger partial charge >= 0.3 is 0 Å². The Labute approximate surface area is 123 Å². The summed E-state index contributed by atoms with van der Waals surface area (Å²) in [7, 11) is 0. The molecule has 0 fully saturated rings. The number of rotatable bonds is 4. The van der Waals surface area contributed by atoms with Crippen molar-refractivity contribution in [1.29, 1.82) is 0 Å². The van der Waals surface area contributed by atoms with Crippen molar-refractivity contribution in [3.8, 4) is 5.75 Å². The van der Waals surface area contributed by atoms with Gasteiger partial charge in [0.05, 0.1) is 5.75 Å². The van der Waals surface area contributed by atoms with Crippen molar-refractivity contribution in [2.75, 3.05) is 5.75 Å². The first-order chi connectivity index (χ1) is 9.74. The number of carbonyl (C=O) groups is 1. The van der Waals surface area contributed by atoms with Crippen LogP contribution in [0.15, 0.2) is 47.1 Å². The summed E-state index contributed by atoms with van der Waals surface area (Å²) >= 11 is 2.96. The summed E-state index contributed by atoms with van der Waals surface area (Å²) in [5.74, 6) is 0.481. The van der Waals surface area contributed by atoms with Gasteiger partial charge in [-0.3, -0.25) is 4.79 Å². The Balaban J connectivity index is 1.74. The van der Waals surface area contributed by atoms with Crippen LogP contribution in [-0.2, 0) is 0 Å². The number of Topliss-reactive ketones (excluding diaryl/α,β-unsaturated/α-hetero) is 1. The van der Waals surface area contributed by atoms with Crippen LogP contribution < -0.4 is 0 Å². The van der Waals surface area contributed by atoms with Crippen molar-refractivity contribution in [3.05, 3.63) is 47.6 Å². The zero-order valence-corrected chi connectivity index (χ0v) is 11.9. The van der Waals surface area contributed by atoms with E-state index >= 15 is 0 Å². The van der Waals surface area contributed by atoms with Gasteiger partial charge in [-0.05, 0) is 35.7 Å². The van der Waals surface area contributed by atoms with E-state index in [-0.39, 0.29) is 11.5 Å². The number of hydrogen-bond donors (Lipinski definition) is 1. The SMILES string of the molecule is O=C(CSc1ncnc2sccc12)c1ccc(O)cc1. The highest BCUT2D eigenvalue weighted by Gasteiger charge is 2.10. The maximum Gasteiger partial charge on any atom is 0.173 e. The fourth-order valence-corrected chi connectivity index (χ4v) is 3.42. The van der Waals surface area contributed by atoms with E-state index in [2.05, 4.69) is 9.97 Å². The molecule has 0 amide bonds. The Morgan fingerprint density at radius 3 is 2.80 bits per heavy atom. The number of nitrogens with zero attached hydrogens (tertiary/aromatic N) is 2. The monoisotopic (exact) mass is 302 g/mol. The van der Waals surface area contributed by atoms with Crippen LogP contribution in [0, 0.1) is 0 Å². The lowest BCUT2D eigenvalue weighted by Crippen LogP contribution is -2.02. The van der Waals surface area contributed by atoms with E-state index in [0.717, 1.165) is 15.2 Å². The first-order valence-corrected chi connectivity index (χ1v) is 7.74. The van der Waals surface area contributed by atoms with Crippen LogP contribution in [0.1, 0.15) is 10.4 Å². The molecular formula is C14H10N2O2S2. The van der Waals surface area contributed by atoms with Crippen LogP contribution in [0.3, 0.4) is 0 Å². The molecule has 1 aromatic carbocycles. The summed E-state index contributed by atoms with van der Waals surface area (Å²) in [6.07, 6.45) is 1.52. The summed E-state index contributed by atoms with van der Waals surface area (Å²) < 4.78 is 0. The quantitative estimate of drug-likeness (QED) is 0.455. The number of phenols is 1. The van der Waals surface area contributed by atoms with Crippen LogP contribution in [0.5, 0.6) is 5.75 Å². The minimum Gasteiger partial charge on any atom is -0.508 e. The molecule has 4 nitrogen and oxygen atoms in total. The highest BCUT2D eigenvalue weighted by Crippen LogP contribution is 2.28. The van der Waals surface area contributed by atoms with Crippen molar-refractivity contribution in [3.63, 3.8) is 0 Å². The summed E-state index contributed by atoms with van der Waals surface area (Å²) in [5.41, 5.74) is 0.589. The standard InChI is InChI=1S/C14H10N2O2S2/c17-10-3-1-9(2-4-10)12(18)7-20-14-11-5-6-19-13(11)15-8-16-14/h1-6,8,17H,7H2. The van der Waals surface area contributed by atoms with Gasteiger partial charge in [0, 0.05) is 10.9 Å². The molecule has 3 aromatic rings. The number of thiophene rings is 1. The summed E-state index contributed by atoms with van der Waals surface area (Å²) in [4.78, 5) is 21.4. The summed E-state index contributed by atoms with van der Waals surface area (Å²) in [5, 5.41) is 13.0. The molecule has 0 saturated heterocycles. The van der Waals surface area contributed by atoms with E-state index in [0.29, 0.717) is 11.3 Å². The lowest BCUT2D eigenvalue weighted by Gasteiger charge is -2.02. The molecule has 0 aliphatic rings. The van der Waals surface area contributed by atoms with Crippen molar-refractivity contribution < 1.29 is 9.90 Å². The van der Waals surface area contributed by atoms with Crippen LogP contribution in [0.2, 0.25) is 0 Å². The second-order valence-corrected chi connectivity index (χ2v) is 5.94. The van der Waals surface area contributed by atoms with Gasteiger partial charge in [0.15, 0.2) is 5.78 Å². The molecule has 6 heteroatoms. The van der Waals surface area contributed by atoms with Gasteiger partial charge in [0.2, 0.25) is 0 Å². The molecule has 0 unspecified atom stereocenters. The normalized spacial score (nSPS) is 10.8. The van der Waals surface area contributed by atoms with Crippen LogP contribution >= 0.6 is 23.1 Å². The van der Waals surface area contributed by atoms with Crippen molar-refractivity contribution >= 4 is 39.1 Å². The molecule has 0 aliphatic carbocycles. The highest BCUT2D eigenvalue weighted by atomic mass is 32.2. The predicted octanol–water partition coefficient (Wildman–Crippen LogP) is 3.37. The summed E-state index contributed by atoms with van der Waals surface area (Å²) in [6, 6.07) is 8.24. The minimum absolute atomic E-state index is 0.0111. The third kappa shape index (κ3) is 2.66. The Kier molecular flexibility index (Phi) is 3.66. The molecular weight excluding hydrogens is 292 g/mol. The minimum atomic E-state index is 0.0111. The Hall–Kier alpha value is -1.92. The number of carbonyl (C=O) groups excluding carboxylic acids is 1. The second-order valence-electron chi connectivity index (χ2n) is 4.08. The number of ketones is 1. The molecule has 0 radical (unpaired) electrons. The second kappa shape index (κ2) is 5.60. The Morgan fingerprint density at radius 2 is 2.00 bits per heavy atom. The fraction of sp³-hybridized carbons (Fsp3) is 0.0714. The van der Waals surface area contributed by atoms with Crippen LogP contribution in [0.25, 0.3) is 10.2 Å². The van der Waals surface area contributed by atoms with Gasteiger partial charge in [-0.25, -0.2) is 9.97 Å². The molecule has 0 bridgehead atoms. The average molecular weight is 302 g/mol. The molecule has 1 N–H and O–H groups in total. The first-order valence-electron chi connectivity index (χ1n) is 5.87. The van der Waals surface area contributed by atoms with Gasteiger partial charge in [0.1, 0.15) is 21.9 Å². The van der Waals surface area contributed by atoms with Crippen molar-refractivity contribution in [2.45, 2.75) is 5.03 Å². The van der Waals surface area contributed by atoms with Crippen molar-refractivity contribution in [1.82, 2.24) is 9.97 Å². The molecule has 2 aromatic heterocycles. The fourth-order valence-electron chi connectivity index (χ4n) is 1.75. The highest BCUT2D eigenvalue weighted by molar-refractivity contribution is 8.00. The van der Waals surface area contributed by atoms with E-state index in [4.69, 9.17) is 0 Å². The van der Waals surface area contributed by atoms with Gasteiger partial charge in [-0.1, -0.05) is 11.8 Å². The molecule has 2 heterocycles. The van der Waals surface area contributed by atoms with E-state index in [9.17, 15) is 9.90 Å². The number of benzene rings is 1. The van der Waals surface area contributed by atoms with Crippen LogP contribution in [0.4, 0.5) is 0 Å². The number of aromatic hydroxyl groups is 1.